The van der Waals surface area contributed by atoms with Crippen LogP contribution >= 0.6 is 0 Å². The number of hydrogen-bond donors (Lipinski definition) is 1. The van der Waals surface area contributed by atoms with E-state index in [1.807, 2.05) is 0 Å². The van der Waals surface area contributed by atoms with Gasteiger partial charge in [-0.15, -0.1) is 6.42 Å². The van der Waals surface area contributed by atoms with E-state index in [-0.39, 0.29) is 0 Å². The Kier molecular flexibility index (Phi) is 5.84. The first kappa shape index (κ1) is 11.5. The van der Waals surface area contributed by atoms with Crippen molar-refractivity contribution in [2.24, 2.45) is 0 Å². The van der Waals surface area contributed by atoms with Gasteiger partial charge in [0.1, 0.15) is 5.60 Å². The molecule has 0 aromatic heterocycles. The standard InChI is InChI=1S/C11H20O/c1-4-6-7-8-9-10-11(3,12)5-2/h2,12H,4,6-10H2,1,3H3/t11-/m1/s1. The quantitative estimate of drug-likeness (QED) is 0.477. The van der Waals surface area contributed by atoms with Gasteiger partial charge in [-0.1, -0.05) is 38.5 Å². The van der Waals surface area contributed by atoms with Gasteiger partial charge in [-0.2, -0.15) is 0 Å². The lowest BCUT2D eigenvalue weighted by atomic mass is 9.99. The zero-order chi connectivity index (χ0) is 9.45. The van der Waals surface area contributed by atoms with E-state index in [4.69, 9.17) is 6.42 Å². The van der Waals surface area contributed by atoms with Gasteiger partial charge in [0.2, 0.25) is 0 Å². The van der Waals surface area contributed by atoms with Crippen LogP contribution in [0.25, 0.3) is 0 Å². The van der Waals surface area contributed by atoms with Crippen molar-refractivity contribution in [2.75, 3.05) is 0 Å². The largest absolute Gasteiger partial charge is 0.378 e. The van der Waals surface area contributed by atoms with E-state index >= 15 is 0 Å². The second-order valence-electron chi connectivity index (χ2n) is 3.58. The fourth-order valence-corrected chi connectivity index (χ4v) is 1.14. The zero-order valence-corrected chi connectivity index (χ0v) is 8.27. The van der Waals surface area contributed by atoms with Gasteiger partial charge in [0, 0.05) is 0 Å². The summed E-state index contributed by atoms with van der Waals surface area (Å²) in [5.41, 5.74) is -0.883. The number of unbranched alkanes of at least 4 members (excludes halogenated alkanes) is 4. The molecule has 0 unspecified atom stereocenters. The molecule has 12 heavy (non-hydrogen) atoms. The fraction of sp³-hybridized carbons (Fsp3) is 0.818. The first-order valence-corrected chi connectivity index (χ1v) is 4.82. The Balaban J connectivity index is 3.27. The van der Waals surface area contributed by atoms with E-state index < -0.39 is 5.60 Å². The van der Waals surface area contributed by atoms with Crippen LogP contribution in [-0.2, 0) is 0 Å². The third-order valence-electron chi connectivity index (χ3n) is 2.08. The summed E-state index contributed by atoms with van der Waals surface area (Å²) in [6, 6.07) is 0. The van der Waals surface area contributed by atoms with Crippen molar-refractivity contribution in [3.05, 3.63) is 0 Å². The highest BCUT2D eigenvalue weighted by atomic mass is 16.3. The molecule has 0 heterocycles. The van der Waals surface area contributed by atoms with Crippen LogP contribution in [0, 0.1) is 12.3 Å². The monoisotopic (exact) mass is 168 g/mol. The smallest absolute Gasteiger partial charge is 0.122 e. The lowest BCUT2D eigenvalue weighted by molar-refractivity contribution is 0.109. The molecule has 0 amide bonds. The van der Waals surface area contributed by atoms with Crippen molar-refractivity contribution in [3.63, 3.8) is 0 Å². The Morgan fingerprint density at radius 3 is 2.33 bits per heavy atom. The molecule has 0 bridgehead atoms. The third kappa shape index (κ3) is 6.24. The van der Waals surface area contributed by atoms with E-state index in [0.29, 0.717) is 0 Å². The lowest BCUT2D eigenvalue weighted by Crippen LogP contribution is -2.20. The summed E-state index contributed by atoms with van der Waals surface area (Å²) in [5, 5.41) is 9.44. The van der Waals surface area contributed by atoms with Crippen LogP contribution in [0.2, 0.25) is 0 Å². The first-order chi connectivity index (χ1) is 5.62. The van der Waals surface area contributed by atoms with Gasteiger partial charge < -0.3 is 5.11 Å². The van der Waals surface area contributed by atoms with Gasteiger partial charge >= 0.3 is 0 Å². The van der Waals surface area contributed by atoms with Crippen LogP contribution in [0.4, 0.5) is 0 Å². The highest BCUT2D eigenvalue weighted by Crippen LogP contribution is 2.14. The molecular weight excluding hydrogens is 148 g/mol. The lowest BCUT2D eigenvalue weighted by Gasteiger charge is -2.15. The minimum atomic E-state index is -0.883. The summed E-state index contributed by atoms with van der Waals surface area (Å²) in [6.07, 6.45) is 11.9. The summed E-state index contributed by atoms with van der Waals surface area (Å²) in [5.74, 6) is 2.39. The molecule has 0 saturated carbocycles. The maximum Gasteiger partial charge on any atom is 0.122 e. The molecule has 0 saturated heterocycles. The molecule has 1 heteroatoms. The summed E-state index contributed by atoms with van der Waals surface area (Å²) >= 11 is 0. The molecule has 1 nitrogen and oxygen atoms in total. The molecule has 0 aliphatic rings. The molecule has 1 N–H and O–H groups in total. The van der Waals surface area contributed by atoms with Gasteiger partial charge in [-0.05, 0) is 19.8 Å². The minimum Gasteiger partial charge on any atom is -0.378 e. The van der Waals surface area contributed by atoms with E-state index in [2.05, 4.69) is 12.8 Å². The average Bonchev–Trinajstić information content (AvgIpc) is 2.04. The first-order valence-electron chi connectivity index (χ1n) is 4.82. The topological polar surface area (TPSA) is 20.2 Å². The van der Waals surface area contributed by atoms with Gasteiger partial charge in [0.15, 0.2) is 0 Å². The number of rotatable bonds is 6. The molecule has 0 aliphatic carbocycles. The number of hydrogen-bond acceptors (Lipinski definition) is 1. The molecule has 0 aliphatic heterocycles. The van der Waals surface area contributed by atoms with E-state index in [1.54, 1.807) is 6.92 Å². The van der Waals surface area contributed by atoms with Crippen molar-refractivity contribution >= 4 is 0 Å². The molecule has 0 spiro atoms. The fourth-order valence-electron chi connectivity index (χ4n) is 1.14. The molecule has 0 aromatic rings. The highest BCUT2D eigenvalue weighted by molar-refractivity contribution is 5.03. The molecule has 70 valence electrons. The highest BCUT2D eigenvalue weighted by Gasteiger charge is 2.14. The molecule has 0 rings (SSSR count). The Hall–Kier alpha value is -0.480. The summed E-state index contributed by atoms with van der Waals surface area (Å²) in [6.45, 7) is 3.89. The Bertz CT molecular complexity index is 142. The minimum absolute atomic E-state index is 0.729. The van der Waals surface area contributed by atoms with E-state index in [1.165, 1.54) is 25.7 Å². The predicted molar refractivity (Wildman–Crippen MR) is 52.8 cm³/mol. The molecular formula is C11H20O. The predicted octanol–water partition coefficient (Wildman–Crippen LogP) is 2.73. The summed E-state index contributed by atoms with van der Waals surface area (Å²) in [4.78, 5) is 0. The van der Waals surface area contributed by atoms with Gasteiger partial charge in [-0.25, -0.2) is 0 Å². The van der Waals surface area contributed by atoms with Crippen LogP contribution < -0.4 is 0 Å². The van der Waals surface area contributed by atoms with E-state index in [9.17, 15) is 5.11 Å². The molecule has 1 atom stereocenters. The normalized spacial score (nSPS) is 15.2. The van der Waals surface area contributed by atoms with Crippen LogP contribution in [0.15, 0.2) is 0 Å². The number of aliphatic hydroxyl groups is 1. The number of terminal acetylenes is 1. The Morgan fingerprint density at radius 2 is 1.83 bits per heavy atom. The van der Waals surface area contributed by atoms with Crippen LogP contribution in [-0.4, -0.2) is 10.7 Å². The van der Waals surface area contributed by atoms with Crippen molar-refractivity contribution in [1.82, 2.24) is 0 Å². The maximum atomic E-state index is 9.44. The zero-order valence-electron chi connectivity index (χ0n) is 8.27. The van der Waals surface area contributed by atoms with Gasteiger partial charge in [0.25, 0.3) is 0 Å². The second-order valence-corrected chi connectivity index (χ2v) is 3.58. The van der Waals surface area contributed by atoms with Crippen molar-refractivity contribution < 1.29 is 5.11 Å². The molecule has 0 radical (unpaired) electrons. The van der Waals surface area contributed by atoms with Crippen LogP contribution in [0.1, 0.15) is 52.4 Å². The van der Waals surface area contributed by atoms with Crippen LogP contribution in [0.3, 0.4) is 0 Å². The second kappa shape index (κ2) is 6.08. The van der Waals surface area contributed by atoms with Gasteiger partial charge in [0.05, 0.1) is 0 Å². The van der Waals surface area contributed by atoms with E-state index in [0.717, 1.165) is 12.8 Å². The summed E-state index contributed by atoms with van der Waals surface area (Å²) < 4.78 is 0. The third-order valence-corrected chi connectivity index (χ3v) is 2.08. The van der Waals surface area contributed by atoms with Gasteiger partial charge in [-0.3, -0.25) is 0 Å². The Labute approximate surface area is 76.2 Å². The van der Waals surface area contributed by atoms with Crippen molar-refractivity contribution in [2.45, 2.75) is 58.0 Å². The summed E-state index contributed by atoms with van der Waals surface area (Å²) in [7, 11) is 0. The van der Waals surface area contributed by atoms with Crippen molar-refractivity contribution in [3.8, 4) is 12.3 Å². The average molecular weight is 168 g/mol. The SMILES string of the molecule is C#C[C@@](C)(O)CCCCCCC. The van der Waals surface area contributed by atoms with Crippen molar-refractivity contribution in [1.29, 1.82) is 0 Å². The molecule has 0 aromatic carbocycles. The maximum absolute atomic E-state index is 9.44. The Morgan fingerprint density at radius 1 is 1.25 bits per heavy atom. The molecule has 0 fully saturated rings. The van der Waals surface area contributed by atoms with Crippen LogP contribution in [0.5, 0.6) is 0 Å².